The fraction of sp³-hybridized carbons (Fsp3) is 0.214. The number of para-hydroxylation sites is 2. The molecule has 0 bridgehead atoms. The zero-order valence-corrected chi connectivity index (χ0v) is 11.5. The van der Waals surface area contributed by atoms with Gasteiger partial charge < -0.3 is 10.6 Å². The van der Waals surface area contributed by atoms with Crippen LogP contribution in [0.2, 0.25) is 5.28 Å². The zero-order chi connectivity index (χ0) is 14.1. The highest BCUT2D eigenvalue weighted by atomic mass is 35.5. The van der Waals surface area contributed by atoms with Gasteiger partial charge in [0.2, 0.25) is 5.28 Å². The molecule has 1 unspecified atom stereocenters. The average Bonchev–Trinajstić information content (AvgIpc) is 2.87. The normalized spacial score (nSPS) is 14.8. The van der Waals surface area contributed by atoms with E-state index >= 15 is 0 Å². The Kier molecular flexibility index (Phi) is 3.17. The van der Waals surface area contributed by atoms with Crippen molar-refractivity contribution in [3.05, 3.63) is 47.0 Å². The molecule has 2 N–H and O–H groups in total. The predicted molar refractivity (Wildman–Crippen MR) is 77.6 cm³/mol. The maximum Gasteiger partial charge on any atom is 0.222 e. The summed E-state index contributed by atoms with van der Waals surface area (Å²) in [5, 5.41) is 16.2. The molecule has 2 heterocycles. The van der Waals surface area contributed by atoms with E-state index in [2.05, 4.69) is 26.7 Å². The van der Waals surface area contributed by atoms with E-state index in [-0.39, 0.29) is 11.4 Å². The van der Waals surface area contributed by atoms with Gasteiger partial charge in [-0.05, 0) is 36.2 Å². The second-order valence-corrected chi connectivity index (χ2v) is 4.96. The minimum Gasteiger partial charge on any atom is -0.362 e. The molecule has 3 rings (SSSR count). The maximum absolute atomic E-state index is 9.50. The zero-order valence-electron chi connectivity index (χ0n) is 10.8. The van der Waals surface area contributed by atoms with Gasteiger partial charge >= 0.3 is 0 Å². The number of fused-ring (bicyclic) bond motifs is 1. The molecule has 0 fully saturated rings. The van der Waals surface area contributed by atoms with Crippen molar-refractivity contribution in [2.45, 2.75) is 19.0 Å². The average molecular weight is 286 g/mol. The number of nitrogens with zero attached hydrogens (tertiary/aromatic N) is 3. The number of nitrogens with one attached hydrogen (secondary N) is 2. The number of hydrogen-bond acceptors (Lipinski definition) is 5. The van der Waals surface area contributed by atoms with Crippen molar-refractivity contribution in [3.8, 4) is 6.07 Å². The molecule has 0 radical (unpaired) electrons. The van der Waals surface area contributed by atoms with Gasteiger partial charge in [-0.1, -0.05) is 12.1 Å². The molecule has 0 saturated carbocycles. The first-order chi connectivity index (χ1) is 9.69. The first kappa shape index (κ1) is 12.7. The van der Waals surface area contributed by atoms with Crippen LogP contribution in [0.25, 0.3) is 0 Å². The van der Waals surface area contributed by atoms with Gasteiger partial charge in [0.25, 0.3) is 0 Å². The Labute approximate surface area is 121 Å². The third-order valence-electron chi connectivity index (χ3n) is 3.30. The molecule has 0 aliphatic carbocycles. The molecule has 2 aromatic rings. The highest BCUT2D eigenvalue weighted by Gasteiger charge is 2.30. The molecular weight excluding hydrogens is 274 g/mol. The number of nitriles is 1. The van der Waals surface area contributed by atoms with Crippen LogP contribution in [0.5, 0.6) is 0 Å². The van der Waals surface area contributed by atoms with Crippen LogP contribution >= 0.6 is 11.6 Å². The maximum atomic E-state index is 9.50. The van der Waals surface area contributed by atoms with Gasteiger partial charge in [0.15, 0.2) is 0 Å². The van der Waals surface area contributed by atoms with E-state index in [1.807, 2.05) is 31.2 Å². The van der Waals surface area contributed by atoms with Crippen molar-refractivity contribution in [1.29, 1.82) is 5.26 Å². The topological polar surface area (TPSA) is 73.6 Å². The Morgan fingerprint density at radius 2 is 1.95 bits per heavy atom. The number of aryl methyl sites for hydroxylation is 1. The summed E-state index contributed by atoms with van der Waals surface area (Å²) in [5.41, 5.74) is 3.46. The fourth-order valence-electron chi connectivity index (χ4n) is 2.31. The molecule has 1 aliphatic rings. The first-order valence-corrected chi connectivity index (χ1v) is 6.57. The molecular formula is C14H12ClN5. The smallest absolute Gasteiger partial charge is 0.222 e. The second kappa shape index (κ2) is 4.99. The lowest BCUT2D eigenvalue weighted by Gasteiger charge is -2.19. The van der Waals surface area contributed by atoms with Gasteiger partial charge in [-0.25, -0.2) is 9.97 Å². The van der Waals surface area contributed by atoms with E-state index < -0.39 is 5.92 Å². The van der Waals surface area contributed by atoms with Crippen LogP contribution in [-0.4, -0.2) is 16.1 Å². The van der Waals surface area contributed by atoms with Crippen LogP contribution in [0.1, 0.15) is 17.2 Å². The van der Waals surface area contributed by atoms with Gasteiger partial charge in [0.1, 0.15) is 12.1 Å². The SMILES string of the molecule is Cc1cnc(Cl)nc1C(C#N)C1Nc2ccccc2N1. The number of benzene rings is 1. The van der Waals surface area contributed by atoms with Crippen molar-refractivity contribution in [1.82, 2.24) is 9.97 Å². The van der Waals surface area contributed by atoms with Gasteiger partial charge in [-0.2, -0.15) is 5.26 Å². The van der Waals surface area contributed by atoms with Crippen LogP contribution in [0, 0.1) is 18.3 Å². The minimum absolute atomic E-state index is 0.154. The Morgan fingerprint density at radius 1 is 1.30 bits per heavy atom. The number of anilines is 2. The molecule has 100 valence electrons. The monoisotopic (exact) mass is 285 g/mol. The first-order valence-electron chi connectivity index (χ1n) is 6.20. The summed E-state index contributed by atoms with van der Waals surface area (Å²) in [7, 11) is 0. The molecule has 0 saturated heterocycles. The Bertz CT molecular complexity index is 669. The summed E-state index contributed by atoms with van der Waals surface area (Å²) < 4.78 is 0. The standard InChI is InChI=1S/C14H12ClN5/c1-8-7-17-14(15)20-12(8)9(6-16)13-18-10-4-2-3-5-11(10)19-13/h2-5,7,9,13,18-19H,1H3. The summed E-state index contributed by atoms with van der Waals surface area (Å²) in [6, 6.07) is 10.1. The lowest BCUT2D eigenvalue weighted by atomic mass is 10.0. The molecule has 0 spiro atoms. The van der Waals surface area contributed by atoms with E-state index in [9.17, 15) is 5.26 Å². The van der Waals surface area contributed by atoms with Crippen LogP contribution in [-0.2, 0) is 0 Å². The largest absolute Gasteiger partial charge is 0.362 e. The minimum atomic E-state index is -0.456. The number of rotatable bonds is 2. The Balaban J connectivity index is 1.93. The molecule has 1 aliphatic heterocycles. The third kappa shape index (κ3) is 2.15. The molecule has 1 aromatic carbocycles. The van der Waals surface area contributed by atoms with Gasteiger partial charge in [0.05, 0.1) is 23.1 Å². The quantitative estimate of drug-likeness (QED) is 0.830. The highest BCUT2D eigenvalue weighted by molar-refractivity contribution is 6.28. The van der Waals surface area contributed by atoms with E-state index in [1.165, 1.54) is 0 Å². The summed E-state index contributed by atoms with van der Waals surface area (Å²) in [6.07, 6.45) is 1.40. The van der Waals surface area contributed by atoms with Crippen molar-refractivity contribution >= 4 is 23.0 Å². The molecule has 1 atom stereocenters. The van der Waals surface area contributed by atoms with E-state index in [0.717, 1.165) is 16.9 Å². The molecule has 0 amide bonds. The summed E-state index contributed by atoms with van der Waals surface area (Å²) in [4.78, 5) is 8.13. The lowest BCUT2D eigenvalue weighted by Crippen LogP contribution is -2.30. The highest BCUT2D eigenvalue weighted by Crippen LogP contribution is 2.34. The van der Waals surface area contributed by atoms with Crippen LogP contribution < -0.4 is 10.6 Å². The summed E-state index contributed by atoms with van der Waals surface area (Å²) in [6.45, 7) is 1.87. The fourth-order valence-corrected chi connectivity index (χ4v) is 2.45. The number of halogens is 1. The second-order valence-electron chi connectivity index (χ2n) is 4.63. The van der Waals surface area contributed by atoms with Crippen LogP contribution in [0.4, 0.5) is 11.4 Å². The van der Waals surface area contributed by atoms with Crippen LogP contribution in [0.3, 0.4) is 0 Å². The third-order valence-corrected chi connectivity index (χ3v) is 3.48. The predicted octanol–water partition coefficient (Wildman–Crippen LogP) is 2.91. The van der Waals surface area contributed by atoms with Crippen LogP contribution in [0.15, 0.2) is 30.5 Å². The molecule has 20 heavy (non-hydrogen) atoms. The van der Waals surface area contributed by atoms with Gasteiger partial charge in [-0.3, -0.25) is 0 Å². The Morgan fingerprint density at radius 3 is 2.55 bits per heavy atom. The number of hydrogen-bond donors (Lipinski definition) is 2. The van der Waals surface area contributed by atoms with Crippen molar-refractivity contribution in [2.75, 3.05) is 10.6 Å². The molecule has 5 nitrogen and oxygen atoms in total. The molecule has 1 aromatic heterocycles. The van der Waals surface area contributed by atoms with E-state index in [1.54, 1.807) is 6.20 Å². The Hall–Kier alpha value is -2.32. The van der Waals surface area contributed by atoms with Crippen molar-refractivity contribution in [3.63, 3.8) is 0 Å². The van der Waals surface area contributed by atoms with Gasteiger partial charge in [-0.15, -0.1) is 0 Å². The summed E-state index contributed by atoms with van der Waals surface area (Å²) in [5.74, 6) is -0.456. The molecule has 6 heteroatoms. The van der Waals surface area contributed by atoms with Crippen molar-refractivity contribution in [2.24, 2.45) is 0 Å². The van der Waals surface area contributed by atoms with Crippen molar-refractivity contribution < 1.29 is 0 Å². The lowest BCUT2D eigenvalue weighted by molar-refractivity contribution is 0.716. The summed E-state index contributed by atoms with van der Waals surface area (Å²) >= 11 is 5.84. The van der Waals surface area contributed by atoms with E-state index in [0.29, 0.717) is 5.69 Å². The van der Waals surface area contributed by atoms with Gasteiger partial charge in [0, 0.05) is 6.20 Å². The van der Waals surface area contributed by atoms with E-state index in [4.69, 9.17) is 11.6 Å². The number of aromatic nitrogens is 2.